The highest BCUT2D eigenvalue weighted by atomic mass is 16.4. The van der Waals surface area contributed by atoms with Crippen molar-refractivity contribution < 1.29 is 106 Å². The summed E-state index contributed by atoms with van der Waals surface area (Å²) in [5.41, 5.74) is 18.4. The van der Waals surface area contributed by atoms with Gasteiger partial charge in [0.2, 0.25) is 106 Å². The van der Waals surface area contributed by atoms with Gasteiger partial charge >= 0.3 is 5.97 Å². The second-order valence-corrected chi connectivity index (χ2v) is 33.6. The smallest absolute Gasteiger partial charge is 0.303 e. The number of H-pyrrole nitrogens is 2. The number of imidazole rings is 2. The van der Waals surface area contributed by atoms with Crippen LogP contribution < -0.4 is 97.0 Å². The van der Waals surface area contributed by atoms with E-state index in [2.05, 4.69) is 99.7 Å². The molecule has 1 fully saturated rings. The monoisotopic (exact) mass is 1790 g/mol. The number of hydrogen-bond donors (Lipinski definition) is 23. The van der Waals surface area contributed by atoms with Crippen LogP contribution in [0.1, 0.15) is 178 Å². The Morgan fingerprint density at radius 1 is 0.465 bits per heavy atom. The Labute approximate surface area is 735 Å². The number of aliphatic hydroxyl groups is 1. The van der Waals surface area contributed by atoms with Gasteiger partial charge in [0.15, 0.2) is 0 Å². The Morgan fingerprint density at radius 3 is 1.36 bits per heavy atom. The standard InChI is InChI=1S/C82H129N23O22/c1-15-43(10)66(80(125)101-57(28-42(8)9)78(123)104-67(47(14)106)81(126)97-54(68(85)113)25-39(2)3)103-64(110)36-89-69(114)44(11)92-71(116)46(13)93-74(119)58(30-49-33-86-37-90-49)100-77(122)59(32-62(84)108)95-63(109)35-88-70(115)45(12)94-79(124)61-17-16-24-105(61)82(127)60(31-50-34-87-38-91-50)102-76(121)56(27-41(6)7)99-75(120)55(26-40(4)5)98-73(118)53(22-23-65(111)112)96-72(117)52(83)29-48-18-20-51(107)21-19-48/h18-21,33-34,37-47,52-61,66-67,106-107H,15-17,22-32,35-36,83H2,1-14H3,(H2,84,108)(H2,85,113)(H,86,90)(H,87,91)(H,88,115)(H,89,114)(H,92,116)(H,93,119)(H,94,124)(H,95,109)(H,96,117)(H,97,126)(H,98,118)(H,99,120)(H,100,122)(H,101,125)(H,102,121)(H,103,110)(H,104,123)(H,111,112)/t43-,44-,45-,46-,47+,52-,53-,54-,55-,56-,57-,58-,59-,60-,61-,66-,67-/m0/s1. The second kappa shape index (κ2) is 52.3. The first-order valence-corrected chi connectivity index (χ1v) is 42.3. The number of aromatic nitrogens is 4. The minimum Gasteiger partial charge on any atom is -0.508 e. The fourth-order valence-electron chi connectivity index (χ4n) is 13.4. The topological polar surface area (TPSA) is 704 Å². The first kappa shape index (κ1) is 107. The number of aromatic hydroxyl groups is 1. The zero-order valence-corrected chi connectivity index (χ0v) is 74.2. The summed E-state index contributed by atoms with van der Waals surface area (Å²) < 4.78 is 0. The van der Waals surface area contributed by atoms with E-state index in [4.69, 9.17) is 17.2 Å². The van der Waals surface area contributed by atoms with Crippen LogP contribution in [0.2, 0.25) is 0 Å². The number of aliphatic carboxylic acids is 1. The van der Waals surface area contributed by atoms with Crippen LogP contribution >= 0.6 is 0 Å². The third-order valence-corrected chi connectivity index (χ3v) is 20.5. The number of aromatic amines is 2. The molecule has 704 valence electrons. The number of phenolic OH excluding ortho intramolecular Hbond substituents is 1. The van der Waals surface area contributed by atoms with Crippen molar-refractivity contribution in [3.63, 3.8) is 0 Å². The summed E-state index contributed by atoms with van der Waals surface area (Å²) in [6.07, 6.45) is 2.38. The summed E-state index contributed by atoms with van der Waals surface area (Å²) >= 11 is 0. The highest BCUT2D eigenvalue weighted by molar-refractivity contribution is 6.01. The highest BCUT2D eigenvalue weighted by Crippen LogP contribution is 2.22. The van der Waals surface area contributed by atoms with E-state index >= 15 is 0 Å². The quantitative estimate of drug-likeness (QED) is 0.0251. The molecule has 18 amide bonds. The van der Waals surface area contributed by atoms with Gasteiger partial charge < -0.3 is 127 Å². The van der Waals surface area contributed by atoms with Crippen LogP contribution in [-0.4, -0.2) is 269 Å². The Kier molecular flexibility index (Phi) is 43.9. The number of primary amides is 2. The van der Waals surface area contributed by atoms with Gasteiger partial charge in [-0.15, -0.1) is 0 Å². The maximum atomic E-state index is 14.8. The molecule has 45 nitrogen and oxygen atoms in total. The number of likely N-dealkylation sites (tertiary alicyclic amines) is 1. The first-order valence-electron chi connectivity index (χ1n) is 42.3. The van der Waals surface area contributed by atoms with Crippen LogP contribution in [-0.2, 0) is 110 Å². The van der Waals surface area contributed by atoms with Gasteiger partial charge in [0.05, 0.1) is 44.3 Å². The lowest BCUT2D eigenvalue weighted by atomic mass is 9.96. The summed E-state index contributed by atoms with van der Waals surface area (Å²) in [6.45, 7) is 20.9. The van der Waals surface area contributed by atoms with Crippen LogP contribution in [0, 0.1) is 29.6 Å². The maximum Gasteiger partial charge on any atom is 0.303 e. The highest BCUT2D eigenvalue weighted by Gasteiger charge is 2.42. The van der Waals surface area contributed by atoms with E-state index in [1.807, 2.05) is 0 Å². The number of benzene rings is 1. The summed E-state index contributed by atoms with van der Waals surface area (Å²) in [7, 11) is 0. The number of carboxylic acids is 1. The molecular formula is C82H129N23O22. The molecule has 0 saturated carbocycles. The van der Waals surface area contributed by atoms with Gasteiger partial charge in [0.1, 0.15) is 90.3 Å². The van der Waals surface area contributed by atoms with Crippen LogP contribution in [0.4, 0.5) is 0 Å². The predicted molar refractivity (Wildman–Crippen MR) is 456 cm³/mol. The molecule has 0 bridgehead atoms. The average Bonchev–Trinajstić information content (AvgIpc) is 1.72. The van der Waals surface area contributed by atoms with Crippen molar-refractivity contribution in [2.75, 3.05) is 19.6 Å². The number of amides is 18. The van der Waals surface area contributed by atoms with Crippen LogP contribution in [0.3, 0.4) is 0 Å². The van der Waals surface area contributed by atoms with E-state index in [1.54, 1.807) is 81.4 Å². The van der Waals surface area contributed by atoms with Gasteiger partial charge in [-0.05, 0) is 126 Å². The largest absolute Gasteiger partial charge is 0.508 e. The normalized spacial score (nSPS) is 16.3. The number of carbonyl (C=O) groups excluding carboxylic acids is 18. The van der Waals surface area contributed by atoms with Crippen molar-refractivity contribution in [3.8, 4) is 5.75 Å². The van der Waals surface area contributed by atoms with E-state index in [0.717, 1.165) is 0 Å². The lowest BCUT2D eigenvalue weighted by molar-refractivity contribution is -0.142. The van der Waals surface area contributed by atoms with Gasteiger partial charge in [-0.1, -0.05) is 87.8 Å². The average molecular weight is 1790 g/mol. The molecule has 1 aliphatic heterocycles. The van der Waals surface area contributed by atoms with Gasteiger partial charge in [-0.3, -0.25) is 91.1 Å². The zero-order chi connectivity index (χ0) is 95.4. The molecule has 3 heterocycles. The molecule has 1 aliphatic rings. The molecule has 0 aliphatic carbocycles. The fraction of sp³-hybridized carbons (Fsp3) is 0.622. The van der Waals surface area contributed by atoms with Crippen molar-refractivity contribution >= 4 is 112 Å². The van der Waals surface area contributed by atoms with Crippen LogP contribution in [0.5, 0.6) is 5.75 Å². The van der Waals surface area contributed by atoms with E-state index in [9.17, 15) is 106 Å². The Bertz CT molecular complexity index is 4260. The third kappa shape index (κ3) is 37.2. The minimum atomic E-state index is -1.80. The van der Waals surface area contributed by atoms with E-state index < -0.39 is 247 Å². The Hall–Kier alpha value is -12.7. The number of hydrogen-bond acceptors (Lipinski definition) is 24. The first-order chi connectivity index (χ1) is 59.6. The molecule has 4 rings (SSSR count). The van der Waals surface area contributed by atoms with E-state index in [1.165, 1.54) is 69.8 Å². The van der Waals surface area contributed by atoms with Crippen molar-refractivity contribution in [3.05, 3.63) is 66.3 Å². The second-order valence-electron chi connectivity index (χ2n) is 33.6. The molecule has 45 heteroatoms. The van der Waals surface area contributed by atoms with Crippen molar-refractivity contribution in [2.24, 2.45) is 46.8 Å². The SMILES string of the molecule is CC[C@H](C)[C@H](NC(=O)CNC(=O)[C@H](C)NC(=O)[C@H](C)NC(=O)[C@H](Cc1cnc[nH]1)NC(=O)[C@H](CC(N)=O)NC(=O)CNC(=O)[C@H](C)NC(=O)[C@@H]1CCCN1C(=O)[C@H](Cc1cnc[nH]1)NC(=O)[C@H](CC(C)C)NC(=O)[C@H](CC(C)C)NC(=O)[C@H](CCC(=O)O)NC(=O)[C@@H](N)Cc1ccc(O)cc1)C(=O)N[C@@H](CC(C)C)C(=O)N[C@H](C(=O)N[C@@H](CC(C)C)C(N)=O)[C@@H](C)O. The fourth-order valence-corrected chi connectivity index (χ4v) is 13.4. The molecule has 17 atom stereocenters. The molecule has 2 aromatic heterocycles. The molecule has 26 N–H and O–H groups in total. The lowest BCUT2D eigenvalue weighted by Gasteiger charge is -2.31. The molecule has 127 heavy (non-hydrogen) atoms. The maximum absolute atomic E-state index is 14.8. The number of carbonyl (C=O) groups is 19. The summed E-state index contributed by atoms with van der Waals surface area (Å²) in [6, 6.07) is -15.1. The molecular weight excluding hydrogens is 1660 g/mol. The molecule has 3 aromatic rings. The van der Waals surface area contributed by atoms with Gasteiger partial charge in [0, 0.05) is 49.6 Å². The van der Waals surface area contributed by atoms with Crippen molar-refractivity contribution in [1.82, 2.24) is 105 Å². The summed E-state index contributed by atoms with van der Waals surface area (Å²) in [5.74, 6) is -19.0. The van der Waals surface area contributed by atoms with Gasteiger partial charge in [-0.2, -0.15) is 0 Å². The van der Waals surface area contributed by atoms with Crippen LogP contribution in [0.15, 0.2) is 49.3 Å². The summed E-state index contributed by atoms with van der Waals surface area (Å²) in [5, 5.41) is 67.2. The minimum absolute atomic E-state index is 0.000274. The number of nitrogens with one attached hydrogen (secondary N) is 17. The molecule has 0 spiro atoms. The number of rotatable bonds is 54. The Balaban J connectivity index is 1.38. The van der Waals surface area contributed by atoms with E-state index in [-0.39, 0.29) is 99.4 Å². The number of nitrogens with zero attached hydrogens (tertiary/aromatic N) is 3. The van der Waals surface area contributed by atoms with E-state index in [0.29, 0.717) is 17.7 Å². The van der Waals surface area contributed by atoms with Gasteiger partial charge in [-0.25, -0.2) is 9.97 Å². The molecule has 1 aromatic carbocycles. The lowest BCUT2D eigenvalue weighted by Crippen LogP contribution is -2.61. The van der Waals surface area contributed by atoms with Crippen LogP contribution in [0.25, 0.3) is 0 Å². The molecule has 0 unspecified atom stereocenters. The molecule has 1 saturated heterocycles. The summed E-state index contributed by atoms with van der Waals surface area (Å²) in [4.78, 5) is 273. The van der Waals surface area contributed by atoms with Gasteiger partial charge in [0.25, 0.3) is 0 Å². The number of aliphatic hydroxyl groups excluding tert-OH is 1. The van der Waals surface area contributed by atoms with Crippen molar-refractivity contribution in [1.29, 1.82) is 0 Å². The van der Waals surface area contributed by atoms with Crippen molar-refractivity contribution in [2.45, 2.75) is 277 Å². The number of nitrogens with two attached hydrogens (primary N) is 3. The number of carboxylic acid groups (broad SMARTS) is 1. The predicted octanol–water partition coefficient (Wildman–Crippen LogP) is -5.38. The Morgan fingerprint density at radius 2 is 0.882 bits per heavy atom. The number of phenols is 1. The third-order valence-electron chi connectivity index (χ3n) is 20.5. The molecule has 0 radical (unpaired) electrons. The zero-order valence-electron chi connectivity index (χ0n) is 74.2.